The molecule has 0 aromatic heterocycles. The zero-order chi connectivity index (χ0) is 31.4. The van der Waals surface area contributed by atoms with Gasteiger partial charge in [-0.3, -0.25) is 0 Å². The third-order valence-electron chi connectivity index (χ3n) is 6.50. The minimum Gasteiger partial charge on any atom is -0.429 e. The van der Waals surface area contributed by atoms with E-state index in [1.54, 1.807) is 0 Å². The summed E-state index contributed by atoms with van der Waals surface area (Å²) >= 11 is 0. The zero-order valence-corrected chi connectivity index (χ0v) is 22.6. The van der Waals surface area contributed by atoms with Gasteiger partial charge in [0.15, 0.2) is 0 Å². The fraction of sp³-hybridized carbons (Fsp3) is 0.212. The molecule has 4 aromatic rings. The number of hydrogen-bond donors (Lipinski definition) is 0. The van der Waals surface area contributed by atoms with Crippen LogP contribution in [0.3, 0.4) is 0 Å². The van der Waals surface area contributed by atoms with Crippen molar-refractivity contribution in [3.63, 3.8) is 0 Å². The Kier molecular flexibility index (Phi) is 9.43. The topological polar surface area (TPSA) is 9.23 Å². The van der Waals surface area contributed by atoms with Gasteiger partial charge < -0.3 is 4.74 Å². The molecule has 43 heavy (non-hydrogen) atoms. The Morgan fingerprint density at radius 1 is 0.651 bits per heavy atom. The van der Waals surface area contributed by atoms with Gasteiger partial charge in [0, 0.05) is 17.7 Å². The standard InChI is InChI=1S/C33H23F9O/c1-2-3-4-5-20-6-9-22(10-7-20)23-11-13-24(14-12-23)33(41,42)43-25-18-27(34)26(28(35)19-25)15-8-21-16-29(36)31(30(37)17-21)32(38,39)40/h6-7,9-14,16-19H,2-5H2,1H3. The van der Waals surface area contributed by atoms with Crippen molar-refractivity contribution in [1.82, 2.24) is 0 Å². The Labute approximate surface area is 241 Å². The molecule has 4 aromatic carbocycles. The Morgan fingerprint density at radius 2 is 1.19 bits per heavy atom. The van der Waals surface area contributed by atoms with Crippen molar-refractivity contribution in [1.29, 1.82) is 0 Å². The molecule has 0 amide bonds. The molecule has 0 aliphatic rings. The number of halogens is 9. The Bertz CT molecular complexity index is 1600. The highest BCUT2D eigenvalue weighted by atomic mass is 19.4. The molecule has 0 unspecified atom stereocenters. The normalized spacial score (nSPS) is 11.7. The predicted octanol–water partition coefficient (Wildman–Crippen LogP) is 10.2. The first-order chi connectivity index (χ1) is 20.3. The van der Waals surface area contributed by atoms with Crippen LogP contribution in [0.25, 0.3) is 11.1 Å². The first-order valence-electron chi connectivity index (χ1n) is 13.1. The number of aryl methyl sites for hydroxylation is 1. The van der Waals surface area contributed by atoms with Gasteiger partial charge in [-0.15, -0.1) is 0 Å². The van der Waals surface area contributed by atoms with Crippen molar-refractivity contribution in [2.24, 2.45) is 0 Å². The van der Waals surface area contributed by atoms with Gasteiger partial charge in [-0.05, 0) is 53.8 Å². The summed E-state index contributed by atoms with van der Waals surface area (Å²) in [6, 6.07) is 14.3. The first-order valence-corrected chi connectivity index (χ1v) is 13.1. The SMILES string of the molecule is CCCCCc1ccc(-c2ccc(C(F)(F)Oc3cc(F)c(C#Cc4cc(F)c(C(F)(F)F)c(F)c4)c(F)c3)cc2)cc1. The van der Waals surface area contributed by atoms with Gasteiger partial charge in [0.05, 0.1) is 11.1 Å². The van der Waals surface area contributed by atoms with Crippen molar-refractivity contribution >= 4 is 0 Å². The van der Waals surface area contributed by atoms with E-state index in [4.69, 9.17) is 0 Å². The largest absolute Gasteiger partial charge is 0.429 e. The number of benzene rings is 4. The average Bonchev–Trinajstić information content (AvgIpc) is 2.92. The summed E-state index contributed by atoms with van der Waals surface area (Å²) in [5.41, 5.74) is -1.67. The fourth-order valence-corrected chi connectivity index (χ4v) is 4.29. The lowest BCUT2D eigenvalue weighted by atomic mass is 10.0. The first kappa shape index (κ1) is 31.5. The molecule has 4 rings (SSSR count). The quantitative estimate of drug-likeness (QED) is 0.110. The van der Waals surface area contributed by atoms with Crippen LogP contribution >= 0.6 is 0 Å². The van der Waals surface area contributed by atoms with E-state index in [-0.39, 0.29) is 12.1 Å². The number of ether oxygens (including phenoxy) is 1. The van der Waals surface area contributed by atoms with Crippen LogP contribution in [0.4, 0.5) is 39.5 Å². The summed E-state index contributed by atoms with van der Waals surface area (Å²) in [6.07, 6.45) is -5.02. The molecule has 0 N–H and O–H groups in total. The van der Waals surface area contributed by atoms with E-state index < -0.39 is 63.6 Å². The molecule has 10 heteroatoms. The number of alkyl halides is 5. The maximum atomic E-state index is 14.9. The van der Waals surface area contributed by atoms with Crippen molar-refractivity contribution in [3.05, 3.63) is 124 Å². The second kappa shape index (κ2) is 12.9. The monoisotopic (exact) mass is 606 g/mol. The lowest BCUT2D eigenvalue weighted by molar-refractivity contribution is -0.185. The molecule has 0 bridgehead atoms. The maximum Gasteiger partial charge on any atom is 0.426 e. The molecular formula is C33H23F9O. The third kappa shape index (κ3) is 7.72. The van der Waals surface area contributed by atoms with Crippen LogP contribution in [0.2, 0.25) is 0 Å². The van der Waals surface area contributed by atoms with E-state index in [1.807, 2.05) is 36.1 Å². The highest BCUT2D eigenvalue weighted by Crippen LogP contribution is 2.35. The van der Waals surface area contributed by atoms with Crippen LogP contribution < -0.4 is 4.74 Å². The van der Waals surface area contributed by atoms with Crippen LogP contribution in [0.1, 0.15) is 54.0 Å². The summed E-state index contributed by atoms with van der Waals surface area (Å²) in [5, 5.41) is 0. The summed E-state index contributed by atoms with van der Waals surface area (Å²) in [4.78, 5) is 0. The van der Waals surface area contributed by atoms with Crippen LogP contribution in [0, 0.1) is 35.1 Å². The molecule has 0 aliphatic carbocycles. The lowest BCUT2D eigenvalue weighted by Crippen LogP contribution is -2.22. The smallest absolute Gasteiger partial charge is 0.426 e. The van der Waals surface area contributed by atoms with Crippen molar-refractivity contribution < 1.29 is 44.3 Å². The second-order valence-corrected chi connectivity index (χ2v) is 9.67. The minimum absolute atomic E-state index is 0.252. The molecule has 0 radical (unpaired) electrons. The molecule has 0 heterocycles. The minimum atomic E-state index is -5.31. The second-order valence-electron chi connectivity index (χ2n) is 9.67. The molecule has 0 atom stereocenters. The number of hydrogen-bond acceptors (Lipinski definition) is 1. The third-order valence-corrected chi connectivity index (χ3v) is 6.50. The van der Waals surface area contributed by atoms with Gasteiger partial charge in [0.2, 0.25) is 0 Å². The van der Waals surface area contributed by atoms with E-state index in [1.165, 1.54) is 17.7 Å². The summed E-state index contributed by atoms with van der Waals surface area (Å²) in [7, 11) is 0. The Balaban J connectivity index is 1.49. The van der Waals surface area contributed by atoms with Gasteiger partial charge in [-0.1, -0.05) is 68.0 Å². The average molecular weight is 607 g/mol. The number of rotatable bonds is 8. The Morgan fingerprint density at radius 3 is 1.70 bits per heavy atom. The van der Waals surface area contributed by atoms with Gasteiger partial charge in [0.1, 0.15) is 34.6 Å². The van der Waals surface area contributed by atoms with Gasteiger partial charge in [0.25, 0.3) is 0 Å². The molecule has 224 valence electrons. The van der Waals surface area contributed by atoms with E-state index in [0.717, 1.165) is 43.4 Å². The van der Waals surface area contributed by atoms with Crippen LogP contribution in [0.5, 0.6) is 5.75 Å². The molecule has 0 saturated heterocycles. The highest BCUT2D eigenvalue weighted by Gasteiger charge is 2.38. The van der Waals surface area contributed by atoms with Crippen LogP contribution in [-0.2, 0) is 18.7 Å². The molecule has 0 fully saturated rings. The maximum absolute atomic E-state index is 14.9. The zero-order valence-electron chi connectivity index (χ0n) is 22.6. The molecular weight excluding hydrogens is 583 g/mol. The van der Waals surface area contributed by atoms with Crippen molar-refractivity contribution in [2.75, 3.05) is 0 Å². The summed E-state index contributed by atoms with van der Waals surface area (Å²) in [6.45, 7) is 2.12. The fourth-order valence-electron chi connectivity index (χ4n) is 4.29. The number of unbranched alkanes of at least 4 members (excludes halogenated alkanes) is 2. The molecule has 0 spiro atoms. The molecule has 0 saturated carbocycles. The van der Waals surface area contributed by atoms with Gasteiger partial charge in [-0.2, -0.15) is 22.0 Å². The van der Waals surface area contributed by atoms with E-state index in [9.17, 15) is 39.5 Å². The predicted molar refractivity (Wildman–Crippen MR) is 143 cm³/mol. The lowest BCUT2D eigenvalue weighted by Gasteiger charge is -2.19. The van der Waals surface area contributed by atoms with E-state index in [2.05, 4.69) is 11.7 Å². The Hall–Kier alpha value is -4.39. The molecule has 1 nitrogen and oxygen atoms in total. The van der Waals surface area contributed by atoms with Crippen LogP contribution in [0.15, 0.2) is 72.8 Å². The molecule has 0 aliphatic heterocycles. The van der Waals surface area contributed by atoms with E-state index >= 15 is 0 Å². The van der Waals surface area contributed by atoms with Crippen LogP contribution in [-0.4, -0.2) is 0 Å². The van der Waals surface area contributed by atoms with Crippen molar-refractivity contribution in [2.45, 2.75) is 44.9 Å². The van der Waals surface area contributed by atoms with E-state index in [0.29, 0.717) is 17.7 Å². The summed E-state index contributed by atoms with van der Waals surface area (Å²) < 4.78 is 129. The van der Waals surface area contributed by atoms with Gasteiger partial charge in [-0.25, -0.2) is 17.6 Å². The summed E-state index contributed by atoms with van der Waals surface area (Å²) in [5.74, 6) is -3.82. The van der Waals surface area contributed by atoms with Gasteiger partial charge >= 0.3 is 12.3 Å². The highest BCUT2D eigenvalue weighted by molar-refractivity contribution is 5.64. The van der Waals surface area contributed by atoms with Crippen molar-refractivity contribution in [3.8, 4) is 28.7 Å².